The van der Waals surface area contributed by atoms with Crippen LogP contribution in [0.5, 0.6) is 0 Å². The second-order valence-electron chi connectivity index (χ2n) is 7.29. The van der Waals surface area contributed by atoms with Crippen molar-refractivity contribution in [3.8, 4) is 11.1 Å². The summed E-state index contributed by atoms with van der Waals surface area (Å²) >= 11 is 1.75. The van der Waals surface area contributed by atoms with E-state index in [4.69, 9.17) is 4.74 Å². The molecule has 0 bridgehead atoms. The third-order valence-corrected chi connectivity index (χ3v) is 6.27. The summed E-state index contributed by atoms with van der Waals surface area (Å²) in [5, 5.41) is 2.08. The molecule has 142 valence electrons. The van der Waals surface area contributed by atoms with Crippen molar-refractivity contribution >= 4 is 11.3 Å². The van der Waals surface area contributed by atoms with E-state index in [0.717, 1.165) is 24.8 Å². The van der Waals surface area contributed by atoms with Gasteiger partial charge in [-0.3, -0.25) is 4.90 Å². The highest BCUT2D eigenvalue weighted by Gasteiger charge is 2.39. The molecule has 1 aliphatic heterocycles. The van der Waals surface area contributed by atoms with E-state index in [1.54, 1.807) is 17.4 Å². The van der Waals surface area contributed by atoms with E-state index in [-0.39, 0.29) is 5.82 Å². The first kappa shape index (κ1) is 19.5. The van der Waals surface area contributed by atoms with Crippen LogP contribution in [-0.2, 0) is 4.74 Å². The Morgan fingerprint density at radius 3 is 2.81 bits per heavy atom. The van der Waals surface area contributed by atoms with Crippen LogP contribution in [0.3, 0.4) is 0 Å². The summed E-state index contributed by atoms with van der Waals surface area (Å²) in [7, 11) is 0. The molecule has 1 aromatic carbocycles. The van der Waals surface area contributed by atoms with Gasteiger partial charge in [-0.05, 0) is 53.7 Å². The number of likely N-dealkylation sites (tertiary alicyclic amines) is 1. The highest BCUT2D eigenvalue weighted by atomic mass is 32.1. The Balaban J connectivity index is 0.000000948. The van der Waals surface area contributed by atoms with Crippen molar-refractivity contribution < 1.29 is 9.13 Å². The monoisotopic (exact) mass is 375 g/mol. The fraction of sp³-hybridized carbons (Fsp3) is 0.545. The third kappa shape index (κ3) is 4.73. The van der Waals surface area contributed by atoms with E-state index < -0.39 is 0 Å². The summed E-state index contributed by atoms with van der Waals surface area (Å²) < 4.78 is 19.8. The molecule has 0 spiro atoms. The van der Waals surface area contributed by atoms with Crippen LogP contribution in [0.25, 0.3) is 11.1 Å². The van der Waals surface area contributed by atoms with Gasteiger partial charge in [0.25, 0.3) is 0 Å². The Labute approximate surface area is 161 Å². The largest absolute Gasteiger partial charge is 0.366 e. The summed E-state index contributed by atoms with van der Waals surface area (Å²) in [6.45, 7) is 10.3. The van der Waals surface area contributed by atoms with Crippen molar-refractivity contribution in [2.75, 3.05) is 26.4 Å². The molecule has 3 unspecified atom stereocenters. The number of thiophene rings is 1. The van der Waals surface area contributed by atoms with Crippen LogP contribution in [-0.4, -0.2) is 31.3 Å². The van der Waals surface area contributed by atoms with Gasteiger partial charge >= 0.3 is 0 Å². The number of benzene rings is 1. The molecular weight excluding hydrogens is 345 g/mol. The Hall–Kier alpha value is -1.23. The highest BCUT2D eigenvalue weighted by Crippen LogP contribution is 2.50. The number of ether oxygens (including phenoxy) is 1. The maximum atomic E-state index is 13.9. The van der Waals surface area contributed by atoms with Crippen LogP contribution in [0.2, 0.25) is 0 Å². The smallest absolute Gasteiger partial charge is 0.131 e. The van der Waals surface area contributed by atoms with Crippen molar-refractivity contribution in [2.45, 2.75) is 39.5 Å². The molecule has 0 amide bonds. The number of nitrogens with zero attached hydrogens (tertiary/aromatic N) is 1. The standard InChI is InChI=1S/C20H24FNOS.C2H6/c1-14-6-7-22(10-14)13-23-11-15-8-18(15)20-9-16(12-24-20)17-4-2-3-5-19(17)21;1-2/h2-5,9,12,14-15,18H,6-8,10-11,13H2,1H3;1-2H3. The topological polar surface area (TPSA) is 12.5 Å². The molecule has 2 heterocycles. The first-order valence-electron chi connectivity index (χ1n) is 9.84. The zero-order valence-electron chi connectivity index (χ0n) is 16.1. The maximum absolute atomic E-state index is 13.9. The van der Waals surface area contributed by atoms with Crippen LogP contribution in [0.1, 0.15) is 44.4 Å². The van der Waals surface area contributed by atoms with E-state index in [1.807, 2.05) is 26.0 Å². The highest BCUT2D eigenvalue weighted by molar-refractivity contribution is 7.10. The van der Waals surface area contributed by atoms with Crippen molar-refractivity contribution in [3.63, 3.8) is 0 Å². The second-order valence-corrected chi connectivity index (χ2v) is 8.23. The fourth-order valence-corrected chi connectivity index (χ4v) is 4.76. The van der Waals surface area contributed by atoms with Gasteiger partial charge in [0.05, 0.1) is 13.3 Å². The Kier molecular flexibility index (Phi) is 6.85. The first-order valence-corrected chi connectivity index (χ1v) is 10.7. The SMILES string of the molecule is CC.CC1CCN(COCC2CC2c2cc(-c3ccccc3F)cs2)C1. The van der Waals surface area contributed by atoms with Crippen LogP contribution in [0, 0.1) is 17.7 Å². The van der Waals surface area contributed by atoms with E-state index in [2.05, 4.69) is 23.3 Å². The molecule has 1 aromatic heterocycles. The molecular formula is C22H30FNOS. The van der Waals surface area contributed by atoms with Gasteiger partial charge in [0.1, 0.15) is 5.82 Å². The lowest BCUT2D eigenvalue weighted by Crippen LogP contribution is -2.24. The predicted octanol–water partition coefficient (Wildman–Crippen LogP) is 6.00. The first-order chi connectivity index (χ1) is 12.7. The van der Waals surface area contributed by atoms with Gasteiger partial charge in [0.15, 0.2) is 0 Å². The van der Waals surface area contributed by atoms with Gasteiger partial charge in [0, 0.05) is 23.5 Å². The zero-order valence-corrected chi connectivity index (χ0v) is 16.9. The molecule has 4 heteroatoms. The van der Waals surface area contributed by atoms with Crippen LogP contribution in [0.15, 0.2) is 35.7 Å². The second kappa shape index (κ2) is 9.12. The van der Waals surface area contributed by atoms with Crippen molar-refractivity contribution in [3.05, 3.63) is 46.4 Å². The lowest BCUT2D eigenvalue weighted by atomic mass is 10.1. The number of hydrogen-bond donors (Lipinski definition) is 0. The molecule has 26 heavy (non-hydrogen) atoms. The average molecular weight is 376 g/mol. The minimum Gasteiger partial charge on any atom is -0.366 e. The molecule has 2 aliphatic rings. The van der Waals surface area contributed by atoms with E-state index in [1.165, 1.54) is 36.9 Å². The summed E-state index contributed by atoms with van der Waals surface area (Å²) in [5.74, 6) is 1.91. The maximum Gasteiger partial charge on any atom is 0.131 e. The summed E-state index contributed by atoms with van der Waals surface area (Å²) in [6.07, 6.45) is 2.50. The molecule has 2 fully saturated rings. The van der Waals surface area contributed by atoms with Gasteiger partial charge in [-0.15, -0.1) is 11.3 Å². The van der Waals surface area contributed by atoms with E-state index in [0.29, 0.717) is 17.4 Å². The van der Waals surface area contributed by atoms with Gasteiger partial charge in [-0.1, -0.05) is 39.0 Å². The average Bonchev–Trinajstić information content (AvgIpc) is 3.05. The summed E-state index contributed by atoms with van der Waals surface area (Å²) in [4.78, 5) is 3.78. The lowest BCUT2D eigenvalue weighted by molar-refractivity contribution is 0.0336. The summed E-state index contributed by atoms with van der Waals surface area (Å²) in [5.41, 5.74) is 1.71. The molecule has 0 N–H and O–H groups in total. The number of hydrogen-bond acceptors (Lipinski definition) is 3. The Bertz CT molecular complexity index is 701. The van der Waals surface area contributed by atoms with E-state index in [9.17, 15) is 4.39 Å². The van der Waals surface area contributed by atoms with Gasteiger partial charge in [0.2, 0.25) is 0 Å². The molecule has 2 nitrogen and oxygen atoms in total. The van der Waals surface area contributed by atoms with Crippen LogP contribution in [0.4, 0.5) is 4.39 Å². The van der Waals surface area contributed by atoms with Crippen LogP contribution >= 0.6 is 11.3 Å². The summed E-state index contributed by atoms with van der Waals surface area (Å²) in [6, 6.07) is 9.17. The molecule has 4 rings (SSSR count). The molecule has 3 atom stereocenters. The normalized spacial score (nSPS) is 25.0. The molecule has 0 radical (unpaired) electrons. The lowest BCUT2D eigenvalue weighted by Gasteiger charge is -2.15. The van der Waals surface area contributed by atoms with Gasteiger partial charge < -0.3 is 4.74 Å². The van der Waals surface area contributed by atoms with Crippen molar-refractivity contribution in [1.82, 2.24) is 4.90 Å². The van der Waals surface area contributed by atoms with Crippen molar-refractivity contribution in [2.24, 2.45) is 11.8 Å². The third-order valence-electron chi connectivity index (χ3n) is 5.21. The molecule has 1 aliphatic carbocycles. The Morgan fingerprint density at radius 2 is 2.08 bits per heavy atom. The quantitative estimate of drug-likeness (QED) is 0.614. The minimum atomic E-state index is -0.141. The predicted molar refractivity (Wildman–Crippen MR) is 108 cm³/mol. The molecule has 1 saturated carbocycles. The van der Waals surface area contributed by atoms with Gasteiger partial charge in [-0.2, -0.15) is 0 Å². The number of rotatable bonds is 6. The van der Waals surface area contributed by atoms with Gasteiger partial charge in [-0.25, -0.2) is 4.39 Å². The molecule has 1 saturated heterocycles. The van der Waals surface area contributed by atoms with E-state index >= 15 is 0 Å². The van der Waals surface area contributed by atoms with Crippen molar-refractivity contribution in [1.29, 1.82) is 0 Å². The fourth-order valence-electron chi connectivity index (χ4n) is 3.64. The van der Waals surface area contributed by atoms with Crippen LogP contribution < -0.4 is 0 Å². The Morgan fingerprint density at radius 1 is 1.27 bits per heavy atom. The minimum absolute atomic E-state index is 0.141. The molecule has 2 aromatic rings. The zero-order chi connectivity index (χ0) is 18.5. The number of halogens is 1.